The van der Waals surface area contributed by atoms with Gasteiger partial charge in [0.05, 0.1) is 12.2 Å². The van der Waals surface area contributed by atoms with E-state index in [1.54, 1.807) is 6.08 Å². The molecule has 1 unspecified atom stereocenters. The number of hydrogen-bond donors (Lipinski definition) is 2. The maximum Gasteiger partial charge on any atom is 0.139 e. The molecule has 1 rings (SSSR count). The summed E-state index contributed by atoms with van der Waals surface area (Å²) in [7, 11) is 0. The molecule has 1 aliphatic carbocycles. The van der Waals surface area contributed by atoms with Crippen LogP contribution in [-0.2, 0) is 4.79 Å². The minimum absolute atomic E-state index is 0.0500. The summed E-state index contributed by atoms with van der Waals surface area (Å²) >= 11 is 0. The van der Waals surface area contributed by atoms with Crippen LogP contribution < -0.4 is 0 Å². The van der Waals surface area contributed by atoms with Crippen LogP contribution in [0.4, 0.5) is 0 Å². The van der Waals surface area contributed by atoms with E-state index in [0.29, 0.717) is 0 Å². The monoisotopic (exact) mass is 310 g/mol. The molecule has 1 aliphatic rings. The quantitative estimate of drug-likeness (QED) is 0.447. The molecule has 4 atom stereocenters. The zero-order chi connectivity index (χ0) is 16.4. The number of unbranched alkanes of at least 4 members (excludes halogenated alkanes) is 5. The summed E-state index contributed by atoms with van der Waals surface area (Å²) in [4.78, 5) is 12.1. The molecule has 0 amide bonds. The molecule has 0 aliphatic heterocycles. The first-order valence-electron chi connectivity index (χ1n) is 9.17. The summed E-state index contributed by atoms with van der Waals surface area (Å²) < 4.78 is 0. The van der Waals surface area contributed by atoms with Crippen LogP contribution in [0.1, 0.15) is 78.1 Å². The second-order valence-electron chi connectivity index (χ2n) is 6.72. The fourth-order valence-corrected chi connectivity index (χ4v) is 3.34. The lowest BCUT2D eigenvalue weighted by atomic mass is 9.88. The van der Waals surface area contributed by atoms with Gasteiger partial charge in [0.25, 0.3) is 0 Å². The van der Waals surface area contributed by atoms with Gasteiger partial charge in [-0.25, -0.2) is 0 Å². The summed E-state index contributed by atoms with van der Waals surface area (Å²) in [5.74, 6) is 0.0417. The van der Waals surface area contributed by atoms with Crippen molar-refractivity contribution in [2.24, 2.45) is 11.8 Å². The first-order valence-corrected chi connectivity index (χ1v) is 9.17. The van der Waals surface area contributed by atoms with E-state index in [4.69, 9.17) is 0 Å². The van der Waals surface area contributed by atoms with Crippen molar-refractivity contribution in [1.29, 1.82) is 0 Å². The highest BCUT2D eigenvalue weighted by Gasteiger charge is 2.39. The van der Waals surface area contributed by atoms with Crippen molar-refractivity contribution in [3.05, 3.63) is 12.2 Å². The van der Waals surface area contributed by atoms with Crippen LogP contribution >= 0.6 is 0 Å². The molecule has 0 saturated heterocycles. The van der Waals surface area contributed by atoms with E-state index in [-0.39, 0.29) is 24.0 Å². The molecule has 1 saturated carbocycles. The molecule has 3 heteroatoms. The molecule has 0 heterocycles. The van der Waals surface area contributed by atoms with Crippen molar-refractivity contribution in [3.8, 4) is 0 Å². The summed E-state index contributed by atoms with van der Waals surface area (Å²) in [6, 6.07) is 0. The molecular weight excluding hydrogens is 276 g/mol. The highest BCUT2D eigenvalue weighted by atomic mass is 16.3. The third-order valence-electron chi connectivity index (χ3n) is 4.76. The lowest BCUT2D eigenvalue weighted by Gasteiger charge is -2.18. The van der Waals surface area contributed by atoms with Crippen LogP contribution in [0.15, 0.2) is 12.2 Å². The number of hydrogen-bond acceptors (Lipinski definition) is 3. The SMILES string of the molecule is CCCCCCC1C(=O)C[C@@H](O)[C@@H]1/C=C/[C@@H](O)CCCCC. The number of carbonyl (C=O) groups excluding carboxylic acids is 1. The van der Waals surface area contributed by atoms with Crippen LogP contribution in [0.5, 0.6) is 0 Å². The van der Waals surface area contributed by atoms with Gasteiger partial charge in [-0.05, 0) is 12.8 Å². The number of rotatable bonds is 11. The maximum absolute atomic E-state index is 12.1. The van der Waals surface area contributed by atoms with Gasteiger partial charge in [0.2, 0.25) is 0 Å². The molecule has 0 aromatic carbocycles. The van der Waals surface area contributed by atoms with E-state index in [1.807, 2.05) is 6.08 Å². The van der Waals surface area contributed by atoms with Gasteiger partial charge in [-0.15, -0.1) is 0 Å². The van der Waals surface area contributed by atoms with Gasteiger partial charge in [-0.2, -0.15) is 0 Å². The third-order valence-corrected chi connectivity index (χ3v) is 4.76. The average molecular weight is 310 g/mol. The van der Waals surface area contributed by atoms with E-state index < -0.39 is 12.2 Å². The second-order valence-corrected chi connectivity index (χ2v) is 6.72. The fraction of sp³-hybridized carbons (Fsp3) is 0.842. The van der Waals surface area contributed by atoms with Crippen molar-refractivity contribution in [1.82, 2.24) is 0 Å². The van der Waals surface area contributed by atoms with Gasteiger partial charge < -0.3 is 10.2 Å². The predicted octanol–water partition coefficient (Wildman–Crippen LogP) is 4.02. The van der Waals surface area contributed by atoms with E-state index >= 15 is 0 Å². The lowest BCUT2D eigenvalue weighted by molar-refractivity contribution is -0.121. The Labute approximate surface area is 135 Å². The van der Waals surface area contributed by atoms with E-state index in [9.17, 15) is 15.0 Å². The van der Waals surface area contributed by atoms with Gasteiger partial charge >= 0.3 is 0 Å². The summed E-state index contributed by atoms with van der Waals surface area (Å²) in [5, 5.41) is 20.1. The number of aliphatic hydroxyl groups is 2. The minimum Gasteiger partial charge on any atom is -0.392 e. The molecule has 1 fully saturated rings. The van der Waals surface area contributed by atoms with Crippen molar-refractivity contribution in [2.75, 3.05) is 0 Å². The average Bonchev–Trinajstić information content (AvgIpc) is 2.75. The van der Waals surface area contributed by atoms with Crippen molar-refractivity contribution >= 4 is 5.78 Å². The molecule has 2 N–H and O–H groups in total. The Morgan fingerprint density at radius 2 is 1.82 bits per heavy atom. The zero-order valence-electron chi connectivity index (χ0n) is 14.3. The minimum atomic E-state index is -0.567. The smallest absolute Gasteiger partial charge is 0.139 e. The maximum atomic E-state index is 12.1. The highest BCUT2D eigenvalue weighted by molar-refractivity contribution is 5.84. The number of ketones is 1. The Hall–Kier alpha value is -0.670. The number of carbonyl (C=O) groups is 1. The summed E-state index contributed by atoms with van der Waals surface area (Å²) in [6.45, 7) is 4.32. The Morgan fingerprint density at radius 1 is 1.14 bits per heavy atom. The summed E-state index contributed by atoms with van der Waals surface area (Å²) in [6.07, 6.45) is 12.5. The molecular formula is C19H34O3. The predicted molar refractivity (Wildman–Crippen MR) is 90.7 cm³/mol. The normalized spacial score (nSPS) is 26.9. The second kappa shape index (κ2) is 11.0. The number of aliphatic hydroxyl groups excluding tert-OH is 2. The van der Waals surface area contributed by atoms with Crippen LogP contribution in [0.25, 0.3) is 0 Å². The Bertz CT molecular complexity index is 338. The molecule has 0 aromatic rings. The van der Waals surface area contributed by atoms with Gasteiger partial charge in [-0.1, -0.05) is 70.9 Å². The van der Waals surface area contributed by atoms with Gasteiger partial charge in [0.1, 0.15) is 5.78 Å². The van der Waals surface area contributed by atoms with Crippen LogP contribution in [-0.4, -0.2) is 28.2 Å². The van der Waals surface area contributed by atoms with Gasteiger partial charge in [-0.3, -0.25) is 4.79 Å². The topological polar surface area (TPSA) is 57.5 Å². The van der Waals surface area contributed by atoms with Crippen molar-refractivity contribution in [2.45, 2.75) is 90.3 Å². The zero-order valence-corrected chi connectivity index (χ0v) is 14.3. The molecule has 0 radical (unpaired) electrons. The van der Waals surface area contributed by atoms with Gasteiger partial charge in [0.15, 0.2) is 0 Å². The van der Waals surface area contributed by atoms with Crippen LogP contribution in [0, 0.1) is 11.8 Å². The Balaban J connectivity index is 2.47. The van der Waals surface area contributed by atoms with E-state index in [2.05, 4.69) is 13.8 Å². The molecule has 0 spiro atoms. The van der Waals surface area contributed by atoms with Crippen LogP contribution in [0.2, 0.25) is 0 Å². The summed E-state index contributed by atoms with van der Waals surface area (Å²) in [5.41, 5.74) is 0. The van der Waals surface area contributed by atoms with Crippen LogP contribution in [0.3, 0.4) is 0 Å². The van der Waals surface area contributed by atoms with E-state index in [0.717, 1.165) is 44.9 Å². The first kappa shape index (κ1) is 19.4. The highest BCUT2D eigenvalue weighted by Crippen LogP contribution is 2.34. The molecule has 0 bridgehead atoms. The molecule has 22 heavy (non-hydrogen) atoms. The molecule has 3 nitrogen and oxygen atoms in total. The largest absolute Gasteiger partial charge is 0.392 e. The third kappa shape index (κ3) is 6.62. The molecule has 0 aromatic heterocycles. The standard InChI is InChI=1S/C19H34O3/c1-3-5-7-9-11-16-17(19(22)14-18(16)21)13-12-15(20)10-8-6-4-2/h12-13,15-17,19-20,22H,3-11,14H2,1-2H3/b13-12+/t15-,16?,17+,19+/m0/s1. The Kier molecular flexibility index (Phi) is 9.65. The molecule has 128 valence electrons. The van der Waals surface area contributed by atoms with E-state index in [1.165, 1.54) is 12.8 Å². The van der Waals surface area contributed by atoms with Crippen molar-refractivity contribution < 1.29 is 15.0 Å². The Morgan fingerprint density at radius 3 is 2.50 bits per heavy atom. The fourth-order valence-electron chi connectivity index (χ4n) is 3.34. The van der Waals surface area contributed by atoms with Gasteiger partial charge in [0, 0.05) is 18.3 Å². The lowest BCUT2D eigenvalue weighted by Crippen LogP contribution is -2.19. The number of Topliss-reactive ketones (excluding diaryl/α,β-unsaturated/α-hetero) is 1. The first-order chi connectivity index (χ1) is 10.6. The van der Waals surface area contributed by atoms with Crippen molar-refractivity contribution in [3.63, 3.8) is 0 Å².